The van der Waals surface area contributed by atoms with Crippen LogP contribution < -0.4 is 10.1 Å². The van der Waals surface area contributed by atoms with Gasteiger partial charge in [-0.2, -0.15) is 0 Å². The summed E-state index contributed by atoms with van der Waals surface area (Å²) in [4.78, 5) is 24.1. The molecular weight excluding hydrogens is 342 g/mol. The maximum atomic E-state index is 12.6. The molecule has 142 valence electrons. The highest BCUT2D eigenvalue weighted by atomic mass is 16.5. The Balaban J connectivity index is 1.70. The van der Waals surface area contributed by atoms with Gasteiger partial charge in [0.25, 0.3) is 5.91 Å². The fourth-order valence-corrected chi connectivity index (χ4v) is 3.79. The molecule has 1 N–H and O–H groups in total. The van der Waals surface area contributed by atoms with E-state index in [0.717, 1.165) is 31.4 Å². The van der Waals surface area contributed by atoms with Crippen molar-refractivity contribution in [1.82, 2.24) is 5.32 Å². The normalized spacial score (nSPS) is 15.2. The van der Waals surface area contributed by atoms with Gasteiger partial charge in [0.1, 0.15) is 5.75 Å². The standard InChI is InChI=1S/C22H25NO4/c1-26-19-11-9-18(10-12-19)22(13-3-4-14-22)15-23-20(24)16-5-7-17(8-6-16)21(25)27-2/h5-12H,3-4,13-15H2,1-2H3,(H,23,24). The van der Waals surface area contributed by atoms with Crippen LogP contribution in [-0.4, -0.2) is 32.6 Å². The molecule has 0 heterocycles. The summed E-state index contributed by atoms with van der Waals surface area (Å²) in [7, 11) is 3.00. The summed E-state index contributed by atoms with van der Waals surface area (Å²) in [5.74, 6) is 0.291. The van der Waals surface area contributed by atoms with E-state index in [-0.39, 0.29) is 11.3 Å². The Bertz CT molecular complexity index is 790. The van der Waals surface area contributed by atoms with E-state index in [9.17, 15) is 9.59 Å². The number of rotatable bonds is 6. The molecule has 1 saturated carbocycles. The second-order valence-corrected chi connectivity index (χ2v) is 6.97. The quantitative estimate of drug-likeness (QED) is 0.790. The van der Waals surface area contributed by atoms with E-state index in [1.54, 1.807) is 31.4 Å². The van der Waals surface area contributed by atoms with Crippen LogP contribution in [0.3, 0.4) is 0 Å². The number of hydrogen-bond donors (Lipinski definition) is 1. The van der Waals surface area contributed by atoms with Gasteiger partial charge in [0.2, 0.25) is 0 Å². The molecule has 2 aromatic rings. The van der Waals surface area contributed by atoms with Crippen molar-refractivity contribution in [3.8, 4) is 5.75 Å². The Morgan fingerprint density at radius 3 is 2.07 bits per heavy atom. The molecule has 0 spiro atoms. The summed E-state index contributed by atoms with van der Waals surface area (Å²) in [6, 6.07) is 14.7. The molecule has 3 rings (SSSR count). The van der Waals surface area contributed by atoms with Crippen LogP contribution >= 0.6 is 0 Å². The molecule has 0 unspecified atom stereocenters. The molecule has 1 amide bonds. The number of benzene rings is 2. The summed E-state index contributed by atoms with van der Waals surface area (Å²) in [6.07, 6.45) is 4.44. The van der Waals surface area contributed by atoms with E-state index < -0.39 is 5.97 Å². The number of ether oxygens (including phenoxy) is 2. The maximum absolute atomic E-state index is 12.6. The number of esters is 1. The van der Waals surface area contributed by atoms with Crippen molar-refractivity contribution >= 4 is 11.9 Å². The third-order valence-electron chi connectivity index (χ3n) is 5.42. The van der Waals surface area contributed by atoms with E-state index in [1.807, 2.05) is 12.1 Å². The number of carbonyl (C=O) groups excluding carboxylic acids is 2. The predicted molar refractivity (Wildman–Crippen MR) is 103 cm³/mol. The number of nitrogens with one attached hydrogen (secondary N) is 1. The summed E-state index contributed by atoms with van der Waals surface area (Å²) >= 11 is 0. The molecule has 0 atom stereocenters. The molecule has 1 aliphatic carbocycles. The first-order valence-electron chi connectivity index (χ1n) is 9.19. The Morgan fingerprint density at radius 1 is 0.926 bits per heavy atom. The van der Waals surface area contributed by atoms with Crippen LogP contribution in [0.2, 0.25) is 0 Å². The van der Waals surface area contributed by atoms with Gasteiger partial charge in [-0.05, 0) is 54.8 Å². The van der Waals surface area contributed by atoms with Crippen LogP contribution in [0.5, 0.6) is 5.75 Å². The van der Waals surface area contributed by atoms with E-state index in [1.165, 1.54) is 12.7 Å². The number of hydrogen-bond acceptors (Lipinski definition) is 4. The zero-order valence-electron chi connectivity index (χ0n) is 15.8. The van der Waals surface area contributed by atoms with Gasteiger partial charge in [0.15, 0.2) is 0 Å². The molecule has 0 radical (unpaired) electrons. The van der Waals surface area contributed by atoms with Crippen molar-refractivity contribution < 1.29 is 19.1 Å². The van der Waals surface area contributed by atoms with Gasteiger partial charge in [-0.25, -0.2) is 4.79 Å². The molecule has 0 aromatic heterocycles. The Labute approximate surface area is 159 Å². The minimum Gasteiger partial charge on any atom is -0.497 e. The predicted octanol–water partition coefficient (Wildman–Crippen LogP) is 3.72. The summed E-state index contributed by atoms with van der Waals surface area (Å²) in [5.41, 5.74) is 2.17. The van der Waals surface area contributed by atoms with Gasteiger partial charge in [0, 0.05) is 17.5 Å². The van der Waals surface area contributed by atoms with Crippen LogP contribution in [0, 0.1) is 0 Å². The average Bonchev–Trinajstić information content (AvgIpc) is 3.21. The molecule has 1 aliphatic rings. The van der Waals surface area contributed by atoms with Gasteiger partial charge in [-0.15, -0.1) is 0 Å². The Hall–Kier alpha value is -2.82. The molecule has 5 heteroatoms. The van der Waals surface area contributed by atoms with E-state index >= 15 is 0 Å². The zero-order valence-corrected chi connectivity index (χ0v) is 15.8. The van der Waals surface area contributed by atoms with Crippen molar-refractivity contribution in [3.05, 3.63) is 65.2 Å². The van der Waals surface area contributed by atoms with Crippen molar-refractivity contribution in [1.29, 1.82) is 0 Å². The van der Waals surface area contributed by atoms with E-state index in [4.69, 9.17) is 4.74 Å². The van der Waals surface area contributed by atoms with Crippen LogP contribution in [0.1, 0.15) is 52.0 Å². The highest BCUT2D eigenvalue weighted by Gasteiger charge is 2.36. The molecule has 5 nitrogen and oxygen atoms in total. The summed E-state index contributed by atoms with van der Waals surface area (Å²) in [6.45, 7) is 0.594. The smallest absolute Gasteiger partial charge is 0.337 e. The average molecular weight is 367 g/mol. The molecule has 27 heavy (non-hydrogen) atoms. The Kier molecular flexibility index (Phi) is 5.79. The lowest BCUT2D eigenvalue weighted by Gasteiger charge is -2.30. The zero-order chi connectivity index (χ0) is 19.3. The third kappa shape index (κ3) is 4.13. The fourth-order valence-electron chi connectivity index (χ4n) is 3.79. The van der Waals surface area contributed by atoms with Gasteiger partial charge in [0.05, 0.1) is 19.8 Å². The molecule has 2 aromatic carbocycles. The number of methoxy groups -OCH3 is 2. The first kappa shape index (κ1) is 19.0. The number of amides is 1. The summed E-state index contributed by atoms with van der Waals surface area (Å²) in [5, 5.41) is 3.09. The second-order valence-electron chi connectivity index (χ2n) is 6.97. The van der Waals surface area contributed by atoms with Crippen molar-refractivity contribution in [2.75, 3.05) is 20.8 Å². The lowest BCUT2D eigenvalue weighted by molar-refractivity contribution is 0.0600. The lowest BCUT2D eigenvalue weighted by atomic mass is 9.78. The maximum Gasteiger partial charge on any atom is 0.337 e. The molecule has 0 bridgehead atoms. The SMILES string of the molecule is COC(=O)c1ccc(C(=O)NCC2(c3ccc(OC)cc3)CCCC2)cc1. The van der Waals surface area contributed by atoms with Crippen LogP contribution in [0.15, 0.2) is 48.5 Å². The first-order valence-corrected chi connectivity index (χ1v) is 9.19. The lowest BCUT2D eigenvalue weighted by Crippen LogP contribution is -2.39. The van der Waals surface area contributed by atoms with Crippen LogP contribution in [0.25, 0.3) is 0 Å². The number of carbonyl (C=O) groups is 2. The molecule has 1 fully saturated rings. The molecule has 0 aliphatic heterocycles. The third-order valence-corrected chi connectivity index (χ3v) is 5.42. The molecular formula is C22H25NO4. The highest BCUT2D eigenvalue weighted by molar-refractivity contribution is 5.96. The fraction of sp³-hybridized carbons (Fsp3) is 0.364. The van der Waals surface area contributed by atoms with E-state index in [2.05, 4.69) is 22.2 Å². The van der Waals surface area contributed by atoms with Crippen LogP contribution in [-0.2, 0) is 10.2 Å². The van der Waals surface area contributed by atoms with Gasteiger partial charge in [-0.1, -0.05) is 25.0 Å². The largest absolute Gasteiger partial charge is 0.497 e. The minimum atomic E-state index is -0.411. The molecule has 0 saturated heterocycles. The van der Waals surface area contributed by atoms with Crippen molar-refractivity contribution in [3.63, 3.8) is 0 Å². The van der Waals surface area contributed by atoms with Gasteiger partial charge >= 0.3 is 5.97 Å². The first-order chi connectivity index (χ1) is 13.1. The second kappa shape index (κ2) is 8.25. The van der Waals surface area contributed by atoms with Gasteiger partial charge < -0.3 is 14.8 Å². The summed E-state index contributed by atoms with van der Waals surface area (Å²) < 4.78 is 9.93. The van der Waals surface area contributed by atoms with Crippen LogP contribution in [0.4, 0.5) is 0 Å². The Morgan fingerprint density at radius 2 is 1.52 bits per heavy atom. The van der Waals surface area contributed by atoms with Gasteiger partial charge in [-0.3, -0.25) is 4.79 Å². The minimum absolute atomic E-state index is 0.0338. The topological polar surface area (TPSA) is 64.6 Å². The van der Waals surface area contributed by atoms with E-state index in [0.29, 0.717) is 17.7 Å². The van der Waals surface area contributed by atoms with Crippen molar-refractivity contribution in [2.24, 2.45) is 0 Å². The highest BCUT2D eigenvalue weighted by Crippen LogP contribution is 2.41. The monoisotopic (exact) mass is 367 g/mol. The van der Waals surface area contributed by atoms with Crippen molar-refractivity contribution in [2.45, 2.75) is 31.1 Å².